The predicted octanol–water partition coefficient (Wildman–Crippen LogP) is 3.94. The topological polar surface area (TPSA) is 30.5 Å². The van der Waals surface area contributed by atoms with Gasteiger partial charge in [0.25, 0.3) is 0 Å². The van der Waals surface area contributed by atoms with Crippen LogP contribution in [0.2, 0.25) is 0 Å². The zero-order valence-corrected chi connectivity index (χ0v) is 14.8. The van der Waals surface area contributed by atoms with Crippen LogP contribution in [0.1, 0.15) is 38.2 Å². The van der Waals surface area contributed by atoms with Gasteiger partial charge in [0.1, 0.15) is 5.75 Å². The maximum Gasteiger partial charge on any atom is 0.119 e. The molecule has 0 aromatic heterocycles. The molecule has 2 rings (SSSR count). The highest BCUT2D eigenvalue weighted by molar-refractivity contribution is 9.10. The van der Waals surface area contributed by atoms with Crippen LogP contribution in [0, 0.1) is 0 Å². The molecule has 1 N–H and O–H groups in total. The predicted molar refractivity (Wildman–Crippen MR) is 90.1 cm³/mol. The van der Waals surface area contributed by atoms with E-state index < -0.39 is 0 Å². The van der Waals surface area contributed by atoms with Crippen LogP contribution in [0.4, 0.5) is 0 Å². The van der Waals surface area contributed by atoms with Crippen LogP contribution in [-0.2, 0) is 11.2 Å². The Morgan fingerprint density at radius 3 is 2.62 bits per heavy atom. The smallest absolute Gasteiger partial charge is 0.119 e. The number of nitrogens with one attached hydrogen (secondary N) is 1. The maximum absolute atomic E-state index is 5.79. The fourth-order valence-electron chi connectivity index (χ4n) is 3.12. The van der Waals surface area contributed by atoms with Crippen LogP contribution in [0.5, 0.6) is 5.75 Å². The molecule has 1 saturated carbocycles. The van der Waals surface area contributed by atoms with Crippen molar-refractivity contribution in [2.24, 2.45) is 0 Å². The van der Waals surface area contributed by atoms with E-state index in [-0.39, 0.29) is 5.60 Å². The van der Waals surface area contributed by atoms with Gasteiger partial charge in [0.2, 0.25) is 0 Å². The Kier molecular flexibility index (Phi) is 6.08. The molecule has 4 heteroatoms. The number of hydrogen-bond donors (Lipinski definition) is 1. The highest BCUT2D eigenvalue weighted by atomic mass is 79.9. The van der Waals surface area contributed by atoms with Crippen LogP contribution in [0.3, 0.4) is 0 Å². The second kappa shape index (κ2) is 7.61. The lowest BCUT2D eigenvalue weighted by Crippen LogP contribution is -2.46. The summed E-state index contributed by atoms with van der Waals surface area (Å²) in [5.41, 5.74) is 1.38. The van der Waals surface area contributed by atoms with E-state index in [1.165, 1.54) is 24.8 Å². The van der Waals surface area contributed by atoms with Crippen LogP contribution in [0.15, 0.2) is 22.7 Å². The van der Waals surface area contributed by atoms with E-state index in [4.69, 9.17) is 9.47 Å². The molecule has 1 atom stereocenters. The minimum absolute atomic E-state index is 0.0954. The zero-order valence-electron chi connectivity index (χ0n) is 13.2. The van der Waals surface area contributed by atoms with E-state index in [1.54, 1.807) is 7.11 Å². The fraction of sp³-hybridized carbons (Fsp3) is 0.647. The van der Waals surface area contributed by atoms with Gasteiger partial charge in [-0.3, -0.25) is 0 Å². The van der Waals surface area contributed by atoms with Gasteiger partial charge in [0.15, 0.2) is 0 Å². The summed E-state index contributed by atoms with van der Waals surface area (Å²) in [6, 6.07) is 6.60. The van der Waals surface area contributed by atoms with Crippen molar-refractivity contribution < 1.29 is 9.47 Å². The molecule has 3 nitrogen and oxygen atoms in total. The van der Waals surface area contributed by atoms with Gasteiger partial charge >= 0.3 is 0 Å². The fourth-order valence-corrected chi connectivity index (χ4v) is 3.53. The molecule has 0 aliphatic heterocycles. The average molecular weight is 356 g/mol. The molecule has 1 aromatic carbocycles. The Morgan fingerprint density at radius 1 is 1.33 bits per heavy atom. The van der Waals surface area contributed by atoms with Gasteiger partial charge in [-0.05, 0) is 62.4 Å². The molecular weight excluding hydrogens is 330 g/mol. The summed E-state index contributed by atoms with van der Waals surface area (Å²) in [7, 11) is 3.56. The molecule has 0 spiro atoms. The third kappa shape index (κ3) is 4.21. The molecule has 0 radical (unpaired) electrons. The first kappa shape index (κ1) is 16.8. The van der Waals surface area contributed by atoms with E-state index in [1.807, 2.05) is 13.2 Å². The molecule has 21 heavy (non-hydrogen) atoms. The Balaban J connectivity index is 2.08. The maximum atomic E-state index is 5.79. The molecule has 1 aliphatic carbocycles. The van der Waals surface area contributed by atoms with Crippen LogP contribution in [0.25, 0.3) is 0 Å². The molecule has 0 bridgehead atoms. The Labute approximate surface area is 136 Å². The van der Waals surface area contributed by atoms with Gasteiger partial charge in [-0.25, -0.2) is 0 Å². The molecule has 118 valence electrons. The van der Waals surface area contributed by atoms with Crippen molar-refractivity contribution in [2.45, 2.75) is 50.7 Å². The van der Waals surface area contributed by atoms with Gasteiger partial charge in [0.05, 0.1) is 12.7 Å². The minimum Gasteiger partial charge on any atom is -0.497 e. The number of benzene rings is 1. The largest absolute Gasteiger partial charge is 0.497 e. The molecule has 0 saturated heterocycles. The molecule has 1 aliphatic rings. The van der Waals surface area contributed by atoms with Crippen molar-refractivity contribution in [2.75, 3.05) is 20.8 Å². The summed E-state index contributed by atoms with van der Waals surface area (Å²) in [5, 5.41) is 3.61. The number of likely N-dealkylation sites (N-methyl/N-ethyl adjacent to an activating group) is 1. The highest BCUT2D eigenvalue weighted by Crippen LogP contribution is 2.39. The van der Waals surface area contributed by atoms with E-state index in [9.17, 15) is 0 Å². The van der Waals surface area contributed by atoms with Crippen molar-refractivity contribution >= 4 is 15.9 Å². The average Bonchev–Trinajstić information content (AvgIpc) is 2.45. The Morgan fingerprint density at radius 2 is 2.10 bits per heavy atom. The van der Waals surface area contributed by atoms with Gasteiger partial charge in [-0.2, -0.15) is 0 Å². The summed E-state index contributed by atoms with van der Waals surface area (Å²) < 4.78 is 12.3. The Bertz CT molecular complexity index is 455. The van der Waals surface area contributed by atoms with Crippen molar-refractivity contribution in [1.29, 1.82) is 0 Å². The lowest BCUT2D eigenvalue weighted by Gasteiger charge is -2.43. The van der Waals surface area contributed by atoms with Crippen molar-refractivity contribution in [3.63, 3.8) is 0 Å². The van der Waals surface area contributed by atoms with Gasteiger partial charge in [-0.1, -0.05) is 22.9 Å². The number of rotatable bonds is 8. The van der Waals surface area contributed by atoms with Crippen LogP contribution in [-0.4, -0.2) is 32.4 Å². The third-order valence-corrected chi connectivity index (χ3v) is 5.30. The number of halogens is 1. The monoisotopic (exact) mass is 355 g/mol. The van der Waals surface area contributed by atoms with E-state index in [2.05, 4.69) is 40.3 Å². The number of hydrogen-bond acceptors (Lipinski definition) is 3. The minimum atomic E-state index is 0.0954. The number of methoxy groups -OCH3 is 2. The van der Waals surface area contributed by atoms with E-state index in [0.29, 0.717) is 6.04 Å². The summed E-state index contributed by atoms with van der Waals surface area (Å²) in [6.07, 6.45) is 5.71. The zero-order chi connectivity index (χ0) is 15.3. The summed E-state index contributed by atoms with van der Waals surface area (Å²) >= 11 is 3.65. The second-order valence-corrected chi connectivity index (χ2v) is 6.72. The first-order valence-corrected chi connectivity index (χ1v) is 8.52. The van der Waals surface area contributed by atoms with Crippen molar-refractivity contribution in [3.05, 3.63) is 28.2 Å². The van der Waals surface area contributed by atoms with Crippen LogP contribution >= 0.6 is 15.9 Å². The van der Waals surface area contributed by atoms with Gasteiger partial charge in [0, 0.05) is 17.6 Å². The second-order valence-electron chi connectivity index (χ2n) is 5.86. The lowest BCUT2D eigenvalue weighted by atomic mass is 9.75. The third-order valence-electron chi connectivity index (χ3n) is 4.53. The van der Waals surface area contributed by atoms with E-state index >= 15 is 0 Å². The first-order valence-electron chi connectivity index (χ1n) is 7.73. The molecule has 0 heterocycles. The standard InChI is InChI=1S/C17H26BrNO2/c1-4-19-14(12-17(21-3)8-5-9-17)10-13-11-15(20-2)6-7-16(13)18/h6-7,11,14,19H,4-5,8-10,12H2,1-3H3. The SMILES string of the molecule is CCNC(Cc1cc(OC)ccc1Br)CC1(OC)CCC1. The molecule has 0 amide bonds. The normalized spacial score (nSPS) is 18.1. The van der Waals surface area contributed by atoms with Crippen molar-refractivity contribution in [3.8, 4) is 5.75 Å². The number of ether oxygens (including phenoxy) is 2. The molecular formula is C17H26BrNO2. The van der Waals surface area contributed by atoms with Crippen LogP contribution < -0.4 is 10.1 Å². The molecule has 1 aromatic rings. The Hall–Kier alpha value is -0.580. The summed E-state index contributed by atoms with van der Waals surface area (Å²) in [6.45, 7) is 3.14. The molecule has 1 fully saturated rings. The van der Waals surface area contributed by atoms with Gasteiger partial charge in [-0.15, -0.1) is 0 Å². The highest BCUT2D eigenvalue weighted by Gasteiger charge is 2.38. The van der Waals surface area contributed by atoms with Gasteiger partial charge < -0.3 is 14.8 Å². The van der Waals surface area contributed by atoms with Crippen molar-refractivity contribution in [1.82, 2.24) is 5.32 Å². The molecule has 1 unspecified atom stereocenters. The van der Waals surface area contributed by atoms with E-state index in [0.717, 1.165) is 29.6 Å². The lowest BCUT2D eigenvalue weighted by molar-refractivity contribution is -0.0833. The summed E-state index contributed by atoms with van der Waals surface area (Å²) in [4.78, 5) is 0. The quantitative estimate of drug-likeness (QED) is 0.765. The first-order chi connectivity index (χ1) is 10.1. The summed E-state index contributed by atoms with van der Waals surface area (Å²) in [5.74, 6) is 0.911.